The summed E-state index contributed by atoms with van der Waals surface area (Å²) in [5.41, 5.74) is 0.329. The molecule has 0 amide bonds. The largest absolute Gasteiger partial charge is 0.424 e. The first kappa shape index (κ1) is 20.9. The number of benzene rings is 2. The van der Waals surface area contributed by atoms with Crippen molar-refractivity contribution in [3.8, 4) is 11.8 Å². The number of ether oxygens (including phenoxy) is 2. The molecule has 0 radical (unpaired) electrons. The van der Waals surface area contributed by atoms with E-state index in [2.05, 4.69) is 20.3 Å². The van der Waals surface area contributed by atoms with Crippen LogP contribution in [0, 0.1) is 6.92 Å². The van der Waals surface area contributed by atoms with Gasteiger partial charge in [0.2, 0.25) is 11.9 Å². The predicted molar refractivity (Wildman–Crippen MR) is 109 cm³/mol. The second kappa shape index (κ2) is 8.76. The van der Waals surface area contributed by atoms with Crippen molar-refractivity contribution >= 4 is 17.6 Å². The predicted octanol–water partition coefficient (Wildman–Crippen LogP) is 4.57. The molecular formula is C21H20F3N5O2. The molecule has 1 aliphatic rings. The Bertz CT molecular complexity index is 1060. The Labute approximate surface area is 176 Å². The van der Waals surface area contributed by atoms with E-state index in [1.807, 2.05) is 30.0 Å². The number of hydrogen-bond acceptors (Lipinski definition) is 7. The van der Waals surface area contributed by atoms with Crippen molar-refractivity contribution in [1.29, 1.82) is 0 Å². The molecule has 1 N–H and O–H groups in total. The van der Waals surface area contributed by atoms with Crippen molar-refractivity contribution in [2.45, 2.75) is 13.1 Å². The molecule has 0 unspecified atom stereocenters. The maximum absolute atomic E-state index is 13.1. The van der Waals surface area contributed by atoms with Gasteiger partial charge in [0.15, 0.2) is 0 Å². The number of alkyl halides is 3. The summed E-state index contributed by atoms with van der Waals surface area (Å²) in [6, 6.07) is 12.3. The summed E-state index contributed by atoms with van der Waals surface area (Å²) < 4.78 is 50.4. The first-order chi connectivity index (χ1) is 14.9. The van der Waals surface area contributed by atoms with Crippen LogP contribution in [0.25, 0.3) is 0 Å². The number of aromatic nitrogens is 3. The molecule has 0 spiro atoms. The van der Waals surface area contributed by atoms with Crippen molar-refractivity contribution < 1.29 is 22.6 Å². The monoisotopic (exact) mass is 431 g/mol. The summed E-state index contributed by atoms with van der Waals surface area (Å²) in [4.78, 5) is 14.9. The molecule has 0 aliphatic carbocycles. The number of halogens is 3. The number of anilines is 3. The Morgan fingerprint density at radius 1 is 1.00 bits per heavy atom. The Morgan fingerprint density at radius 2 is 1.77 bits per heavy atom. The zero-order chi connectivity index (χ0) is 21.8. The van der Waals surface area contributed by atoms with Gasteiger partial charge in [-0.3, -0.25) is 0 Å². The summed E-state index contributed by atoms with van der Waals surface area (Å²) >= 11 is 0. The third-order valence-electron chi connectivity index (χ3n) is 4.64. The summed E-state index contributed by atoms with van der Waals surface area (Å²) in [5.74, 6) is 1.02. The SMILES string of the molecule is Cc1ccccc1Oc1nc(Nc2cccc(C(F)(F)F)c2)nc(N2CCOCC2)n1. The van der Waals surface area contributed by atoms with E-state index in [-0.39, 0.29) is 17.6 Å². The van der Waals surface area contributed by atoms with E-state index in [9.17, 15) is 13.2 Å². The van der Waals surface area contributed by atoms with Crippen LogP contribution in [0.4, 0.5) is 30.8 Å². The minimum absolute atomic E-state index is 0.0419. The number of morpholine rings is 1. The maximum Gasteiger partial charge on any atom is 0.416 e. The lowest BCUT2D eigenvalue weighted by Gasteiger charge is -2.27. The molecule has 7 nitrogen and oxygen atoms in total. The van der Waals surface area contributed by atoms with Gasteiger partial charge >= 0.3 is 12.2 Å². The molecule has 1 aromatic heterocycles. The lowest BCUT2D eigenvalue weighted by molar-refractivity contribution is -0.137. The third-order valence-corrected chi connectivity index (χ3v) is 4.64. The highest BCUT2D eigenvalue weighted by Gasteiger charge is 2.30. The molecule has 0 atom stereocenters. The second-order valence-corrected chi connectivity index (χ2v) is 6.91. The molecule has 1 fully saturated rings. The van der Waals surface area contributed by atoms with Crippen molar-refractivity contribution in [3.05, 3.63) is 59.7 Å². The number of hydrogen-bond donors (Lipinski definition) is 1. The minimum Gasteiger partial charge on any atom is -0.424 e. The number of nitrogens with one attached hydrogen (secondary N) is 1. The van der Waals surface area contributed by atoms with Gasteiger partial charge < -0.3 is 19.7 Å². The minimum atomic E-state index is -4.45. The summed E-state index contributed by atoms with van der Waals surface area (Å²) in [7, 11) is 0. The molecule has 4 rings (SSSR count). The lowest BCUT2D eigenvalue weighted by Crippen LogP contribution is -2.37. The van der Waals surface area contributed by atoms with Crippen LogP contribution in [0.15, 0.2) is 48.5 Å². The third kappa shape index (κ3) is 5.21. The van der Waals surface area contributed by atoms with Crippen LogP contribution < -0.4 is 15.0 Å². The summed E-state index contributed by atoms with van der Waals surface area (Å²) in [5, 5.41) is 2.84. The van der Waals surface area contributed by atoms with Crippen molar-refractivity contribution in [1.82, 2.24) is 15.0 Å². The van der Waals surface area contributed by atoms with Gasteiger partial charge in [0.1, 0.15) is 5.75 Å². The number of aryl methyl sites for hydroxylation is 1. The molecule has 1 saturated heterocycles. The molecular weight excluding hydrogens is 411 g/mol. The Balaban J connectivity index is 1.67. The Hall–Kier alpha value is -3.40. The standard InChI is InChI=1S/C21H20F3N5O2/c1-14-5-2-3-8-17(14)31-20-27-18(26-19(28-20)29-9-11-30-12-10-29)25-16-7-4-6-15(13-16)21(22,23)24/h2-8,13H,9-12H2,1H3,(H,25,26,27,28). The summed E-state index contributed by atoms with van der Waals surface area (Å²) in [6.45, 7) is 4.10. The first-order valence-electron chi connectivity index (χ1n) is 9.65. The van der Waals surface area contributed by atoms with E-state index < -0.39 is 11.7 Å². The normalized spacial score (nSPS) is 14.4. The summed E-state index contributed by atoms with van der Waals surface area (Å²) in [6.07, 6.45) is -4.45. The molecule has 10 heteroatoms. The first-order valence-corrected chi connectivity index (χ1v) is 9.65. The lowest BCUT2D eigenvalue weighted by atomic mass is 10.2. The fourth-order valence-electron chi connectivity index (χ4n) is 3.02. The van der Waals surface area contributed by atoms with Gasteiger partial charge in [0, 0.05) is 18.8 Å². The maximum atomic E-state index is 13.1. The van der Waals surface area contributed by atoms with Gasteiger partial charge in [0.25, 0.3) is 0 Å². The van der Waals surface area contributed by atoms with E-state index >= 15 is 0 Å². The highest BCUT2D eigenvalue weighted by Crippen LogP contribution is 2.31. The van der Waals surface area contributed by atoms with Crippen molar-refractivity contribution in [2.75, 3.05) is 36.5 Å². The molecule has 3 aromatic rings. The smallest absolute Gasteiger partial charge is 0.416 e. The van der Waals surface area contributed by atoms with Gasteiger partial charge in [-0.05, 0) is 36.8 Å². The topological polar surface area (TPSA) is 72.4 Å². The molecule has 2 aromatic carbocycles. The molecule has 0 saturated carbocycles. The van der Waals surface area contributed by atoms with Crippen molar-refractivity contribution in [3.63, 3.8) is 0 Å². The second-order valence-electron chi connectivity index (χ2n) is 6.91. The fraction of sp³-hybridized carbons (Fsp3) is 0.286. The zero-order valence-electron chi connectivity index (χ0n) is 16.7. The molecule has 0 bridgehead atoms. The van der Waals surface area contributed by atoms with Crippen LogP contribution in [0.2, 0.25) is 0 Å². The Morgan fingerprint density at radius 3 is 2.52 bits per heavy atom. The zero-order valence-corrected chi connectivity index (χ0v) is 16.7. The highest BCUT2D eigenvalue weighted by molar-refractivity contribution is 5.56. The number of nitrogens with zero attached hydrogens (tertiary/aromatic N) is 4. The number of para-hydroxylation sites is 1. The molecule has 2 heterocycles. The van der Waals surface area contributed by atoms with Crippen molar-refractivity contribution in [2.24, 2.45) is 0 Å². The van der Waals surface area contributed by atoms with Gasteiger partial charge in [0.05, 0.1) is 18.8 Å². The van der Waals surface area contributed by atoms with Crippen LogP contribution in [-0.2, 0) is 10.9 Å². The van der Waals surface area contributed by atoms with E-state index in [1.165, 1.54) is 12.1 Å². The fourth-order valence-corrected chi connectivity index (χ4v) is 3.02. The van der Waals surface area contributed by atoms with E-state index in [0.29, 0.717) is 38.0 Å². The van der Waals surface area contributed by atoms with Crippen LogP contribution in [0.1, 0.15) is 11.1 Å². The van der Waals surface area contributed by atoms with E-state index in [1.54, 1.807) is 6.07 Å². The molecule has 1 aliphatic heterocycles. The van der Waals surface area contributed by atoms with Crippen LogP contribution in [0.3, 0.4) is 0 Å². The van der Waals surface area contributed by atoms with E-state index in [0.717, 1.165) is 17.7 Å². The van der Waals surface area contributed by atoms with Gasteiger partial charge in [-0.1, -0.05) is 24.3 Å². The van der Waals surface area contributed by atoms with Gasteiger partial charge in [-0.25, -0.2) is 0 Å². The molecule has 31 heavy (non-hydrogen) atoms. The van der Waals surface area contributed by atoms with E-state index in [4.69, 9.17) is 9.47 Å². The van der Waals surface area contributed by atoms with Crippen LogP contribution in [-0.4, -0.2) is 41.3 Å². The van der Waals surface area contributed by atoms with Crippen LogP contribution >= 0.6 is 0 Å². The van der Waals surface area contributed by atoms with Gasteiger partial charge in [-0.15, -0.1) is 0 Å². The average Bonchev–Trinajstić information content (AvgIpc) is 2.75. The quantitative estimate of drug-likeness (QED) is 0.634. The number of rotatable bonds is 5. The average molecular weight is 431 g/mol. The molecule has 162 valence electrons. The van der Waals surface area contributed by atoms with Gasteiger partial charge in [-0.2, -0.15) is 28.1 Å². The highest BCUT2D eigenvalue weighted by atomic mass is 19.4. The van der Waals surface area contributed by atoms with Crippen LogP contribution in [0.5, 0.6) is 11.8 Å². The Kier molecular flexibility index (Phi) is 5.90.